The summed E-state index contributed by atoms with van der Waals surface area (Å²) in [6.07, 6.45) is 3.53. The van der Waals surface area contributed by atoms with Crippen molar-refractivity contribution in [2.75, 3.05) is 6.61 Å². The molecule has 1 aromatic carbocycles. The molecule has 1 fully saturated rings. The predicted molar refractivity (Wildman–Crippen MR) is 82.3 cm³/mol. The van der Waals surface area contributed by atoms with Gasteiger partial charge in [-0.15, -0.1) is 0 Å². The number of nitrogens with two attached hydrogens (primary N) is 1. The summed E-state index contributed by atoms with van der Waals surface area (Å²) >= 11 is 5.05. The average Bonchev–Trinajstić information content (AvgIpc) is 2.46. The first-order chi connectivity index (χ1) is 9.66. The van der Waals surface area contributed by atoms with Crippen molar-refractivity contribution in [3.8, 4) is 0 Å². The second-order valence-electron chi connectivity index (χ2n) is 5.01. The van der Waals surface area contributed by atoms with Crippen molar-refractivity contribution in [2.45, 2.75) is 37.8 Å². The van der Waals surface area contributed by atoms with E-state index in [9.17, 15) is 4.79 Å². The lowest BCUT2D eigenvalue weighted by Gasteiger charge is -2.24. The third-order valence-corrected chi connectivity index (χ3v) is 3.65. The van der Waals surface area contributed by atoms with Gasteiger partial charge in [0.05, 0.1) is 12.5 Å². The second-order valence-corrected chi connectivity index (χ2v) is 5.48. The largest absolute Gasteiger partial charge is 0.391 e. The fourth-order valence-corrected chi connectivity index (χ4v) is 2.55. The lowest BCUT2D eigenvalue weighted by Crippen LogP contribution is -2.38. The molecule has 0 spiro atoms. The first-order valence-electron chi connectivity index (χ1n) is 6.92. The van der Waals surface area contributed by atoms with Gasteiger partial charge in [0, 0.05) is 6.61 Å². The Morgan fingerprint density at radius 1 is 1.40 bits per heavy atom. The van der Waals surface area contributed by atoms with Crippen LogP contribution in [-0.2, 0) is 9.53 Å². The van der Waals surface area contributed by atoms with Crippen LogP contribution in [0.15, 0.2) is 30.3 Å². The van der Waals surface area contributed by atoms with Gasteiger partial charge >= 0.3 is 0 Å². The lowest BCUT2D eigenvalue weighted by atomic mass is 10.0. The van der Waals surface area contributed by atoms with Gasteiger partial charge in [-0.05, 0) is 24.8 Å². The Morgan fingerprint density at radius 2 is 2.15 bits per heavy atom. The van der Waals surface area contributed by atoms with Crippen LogP contribution in [-0.4, -0.2) is 23.6 Å². The van der Waals surface area contributed by atoms with E-state index in [0.717, 1.165) is 31.4 Å². The molecule has 1 aliphatic heterocycles. The minimum atomic E-state index is -0.415. The minimum absolute atomic E-state index is 0.0199. The van der Waals surface area contributed by atoms with Crippen molar-refractivity contribution >= 4 is 23.1 Å². The molecule has 20 heavy (non-hydrogen) atoms. The molecule has 2 atom stereocenters. The molecule has 4 nitrogen and oxygen atoms in total. The van der Waals surface area contributed by atoms with Gasteiger partial charge in [-0.25, -0.2) is 0 Å². The number of rotatable bonds is 5. The SMILES string of the molecule is NC(=S)C(NC(=O)CC1CCCCO1)c1ccccc1. The molecular weight excluding hydrogens is 272 g/mol. The number of ether oxygens (including phenoxy) is 1. The number of hydrogen-bond acceptors (Lipinski definition) is 3. The molecule has 0 aliphatic carbocycles. The Morgan fingerprint density at radius 3 is 2.75 bits per heavy atom. The van der Waals surface area contributed by atoms with Crippen LogP contribution in [0.2, 0.25) is 0 Å². The van der Waals surface area contributed by atoms with Crippen LogP contribution in [0.5, 0.6) is 0 Å². The van der Waals surface area contributed by atoms with Crippen molar-refractivity contribution in [2.24, 2.45) is 5.73 Å². The Hall–Kier alpha value is -1.46. The molecule has 108 valence electrons. The molecule has 0 saturated carbocycles. The summed E-state index contributed by atoms with van der Waals surface area (Å²) in [5.74, 6) is -0.0708. The zero-order valence-electron chi connectivity index (χ0n) is 11.4. The van der Waals surface area contributed by atoms with Gasteiger partial charge in [0.1, 0.15) is 11.0 Å². The van der Waals surface area contributed by atoms with Gasteiger partial charge in [-0.1, -0.05) is 42.5 Å². The minimum Gasteiger partial charge on any atom is -0.391 e. The number of thiocarbonyl (C=S) groups is 1. The molecular formula is C15H20N2O2S. The van der Waals surface area contributed by atoms with Crippen LogP contribution in [0.1, 0.15) is 37.3 Å². The van der Waals surface area contributed by atoms with E-state index in [1.165, 1.54) is 0 Å². The van der Waals surface area contributed by atoms with E-state index in [2.05, 4.69) is 5.32 Å². The zero-order chi connectivity index (χ0) is 14.4. The van der Waals surface area contributed by atoms with Crippen LogP contribution in [0.4, 0.5) is 0 Å². The van der Waals surface area contributed by atoms with Crippen LogP contribution >= 0.6 is 12.2 Å². The Kier molecular flexibility index (Phi) is 5.49. The number of nitrogens with one attached hydrogen (secondary N) is 1. The van der Waals surface area contributed by atoms with Crippen molar-refractivity contribution in [3.63, 3.8) is 0 Å². The smallest absolute Gasteiger partial charge is 0.223 e. The standard InChI is InChI=1S/C15H20N2O2S/c16-15(20)14(11-6-2-1-3-7-11)17-13(18)10-12-8-4-5-9-19-12/h1-3,6-7,12,14H,4-5,8-10H2,(H2,16,20)(H,17,18). The highest BCUT2D eigenvalue weighted by Crippen LogP contribution is 2.17. The summed E-state index contributed by atoms with van der Waals surface area (Å²) in [5, 5.41) is 2.89. The van der Waals surface area contributed by atoms with Gasteiger partial charge in [0.25, 0.3) is 0 Å². The lowest BCUT2D eigenvalue weighted by molar-refractivity contribution is -0.125. The maximum atomic E-state index is 12.1. The molecule has 0 aromatic heterocycles. The van der Waals surface area contributed by atoms with Gasteiger partial charge < -0.3 is 15.8 Å². The molecule has 2 rings (SSSR count). The molecule has 1 aromatic rings. The molecule has 5 heteroatoms. The topological polar surface area (TPSA) is 64.3 Å². The van der Waals surface area contributed by atoms with E-state index < -0.39 is 6.04 Å². The van der Waals surface area contributed by atoms with Crippen LogP contribution < -0.4 is 11.1 Å². The number of carbonyl (C=O) groups is 1. The summed E-state index contributed by atoms with van der Waals surface area (Å²) in [6, 6.07) is 9.11. The monoisotopic (exact) mass is 292 g/mol. The maximum absolute atomic E-state index is 12.1. The van der Waals surface area contributed by atoms with E-state index in [1.807, 2.05) is 30.3 Å². The van der Waals surface area contributed by atoms with Crippen molar-refractivity contribution in [3.05, 3.63) is 35.9 Å². The highest BCUT2D eigenvalue weighted by Gasteiger charge is 2.21. The third kappa shape index (κ3) is 4.28. The van der Waals surface area contributed by atoms with E-state index in [-0.39, 0.29) is 17.0 Å². The highest BCUT2D eigenvalue weighted by atomic mass is 32.1. The highest BCUT2D eigenvalue weighted by molar-refractivity contribution is 7.80. The van der Waals surface area contributed by atoms with Crippen LogP contribution in [0.3, 0.4) is 0 Å². The summed E-state index contributed by atoms with van der Waals surface area (Å²) in [5.41, 5.74) is 6.64. The van der Waals surface area contributed by atoms with Gasteiger partial charge in [0.2, 0.25) is 5.91 Å². The zero-order valence-corrected chi connectivity index (χ0v) is 12.2. The molecule has 1 saturated heterocycles. The summed E-state index contributed by atoms with van der Waals surface area (Å²) < 4.78 is 5.57. The predicted octanol–water partition coefficient (Wildman–Crippen LogP) is 2.09. The van der Waals surface area contributed by atoms with E-state index >= 15 is 0 Å². The third-order valence-electron chi connectivity index (χ3n) is 3.41. The second kappa shape index (κ2) is 7.36. The van der Waals surface area contributed by atoms with Crippen molar-refractivity contribution in [1.29, 1.82) is 0 Å². The van der Waals surface area contributed by atoms with Crippen molar-refractivity contribution < 1.29 is 9.53 Å². The van der Waals surface area contributed by atoms with Gasteiger partial charge in [-0.2, -0.15) is 0 Å². The summed E-state index contributed by atoms with van der Waals surface area (Å²) in [7, 11) is 0. The molecule has 0 radical (unpaired) electrons. The normalized spacial score (nSPS) is 20.1. The van der Waals surface area contributed by atoms with E-state index in [0.29, 0.717) is 6.42 Å². The number of carbonyl (C=O) groups excluding carboxylic acids is 1. The van der Waals surface area contributed by atoms with Crippen LogP contribution in [0, 0.1) is 0 Å². The van der Waals surface area contributed by atoms with E-state index in [4.69, 9.17) is 22.7 Å². The average molecular weight is 292 g/mol. The van der Waals surface area contributed by atoms with Crippen LogP contribution in [0.25, 0.3) is 0 Å². The maximum Gasteiger partial charge on any atom is 0.223 e. The van der Waals surface area contributed by atoms with Crippen molar-refractivity contribution in [1.82, 2.24) is 5.32 Å². The Bertz CT molecular complexity index is 458. The first-order valence-corrected chi connectivity index (χ1v) is 7.33. The Balaban J connectivity index is 1.94. The summed E-state index contributed by atoms with van der Waals surface area (Å²) in [4.78, 5) is 12.4. The first kappa shape index (κ1) is 14.9. The molecule has 0 bridgehead atoms. The fourth-order valence-electron chi connectivity index (χ4n) is 2.36. The van der Waals surface area contributed by atoms with Gasteiger partial charge in [0.15, 0.2) is 0 Å². The molecule has 3 N–H and O–H groups in total. The quantitative estimate of drug-likeness (QED) is 0.816. The fraction of sp³-hybridized carbons (Fsp3) is 0.467. The Labute approximate surface area is 124 Å². The number of benzene rings is 1. The molecule has 1 heterocycles. The molecule has 1 aliphatic rings. The van der Waals surface area contributed by atoms with E-state index in [1.54, 1.807) is 0 Å². The number of hydrogen-bond donors (Lipinski definition) is 2. The summed E-state index contributed by atoms with van der Waals surface area (Å²) in [6.45, 7) is 0.745. The van der Waals surface area contributed by atoms with Gasteiger partial charge in [-0.3, -0.25) is 4.79 Å². The number of amides is 1. The molecule has 1 amide bonds. The molecule has 2 unspecified atom stereocenters.